The van der Waals surface area contributed by atoms with Gasteiger partial charge in [0.15, 0.2) is 0 Å². The highest BCUT2D eigenvalue weighted by Crippen LogP contribution is 2.14. The van der Waals surface area contributed by atoms with Gasteiger partial charge in [-0.1, -0.05) is 54.6 Å². The van der Waals surface area contributed by atoms with Gasteiger partial charge in [0.25, 0.3) is 0 Å². The molecule has 2 N–H and O–H groups in total. The zero-order valence-corrected chi connectivity index (χ0v) is 18.3. The van der Waals surface area contributed by atoms with E-state index in [2.05, 4.69) is 25.1 Å². The van der Waals surface area contributed by atoms with Crippen LogP contribution in [0.15, 0.2) is 60.7 Å². The highest BCUT2D eigenvalue weighted by molar-refractivity contribution is 5.88. The third kappa shape index (κ3) is 5.23. The lowest BCUT2D eigenvalue weighted by Crippen LogP contribution is -2.56. The zero-order valence-electron chi connectivity index (χ0n) is 18.3. The molecule has 166 valence electrons. The second-order valence-corrected chi connectivity index (χ2v) is 7.99. The molecule has 1 aliphatic heterocycles. The molecule has 7 nitrogen and oxygen atoms in total. The van der Waals surface area contributed by atoms with E-state index in [1.165, 1.54) is 0 Å². The topological polar surface area (TPSA) is 79.3 Å². The van der Waals surface area contributed by atoms with Crippen LogP contribution in [-0.2, 0) is 23.1 Å². The van der Waals surface area contributed by atoms with E-state index < -0.39 is 6.04 Å². The van der Waals surface area contributed by atoms with Gasteiger partial charge in [-0.3, -0.25) is 14.5 Å². The third-order valence-electron chi connectivity index (χ3n) is 5.82. The SMILES string of the molecule is Cn1c(CCNC(=O)CC2C(=O)NCCN2C/C=C/c2ccccc2)nc2ccccc21. The second-order valence-electron chi connectivity index (χ2n) is 7.99. The summed E-state index contributed by atoms with van der Waals surface area (Å²) in [6.45, 7) is 2.43. The molecular weight excluding hydrogens is 402 g/mol. The normalized spacial score (nSPS) is 17.0. The Hall–Kier alpha value is -3.45. The number of fused-ring (bicyclic) bond motifs is 1. The maximum atomic E-state index is 12.6. The molecule has 1 aromatic heterocycles. The minimum absolute atomic E-state index is 0.0881. The second kappa shape index (κ2) is 10.2. The first-order chi connectivity index (χ1) is 15.6. The Labute approximate surface area is 188 Å². The molecule has 7 heteroatoms. The van der Waals surface area contributed by atoms with Crippen molar-refractivity contribution in [2.45, 2.75) is 18.9 Å². The van der Waals surface area contributed by atoms with Crippen molar-refractivity contribution in [3.8, 4) is 0 Å². The smallest absolute Gasteiger partial charge is 0.237 e. The zero-order chi connectivity index (χ0) is 22.3. The number of imidazole rings is 1. The van der Waals surface area contributed by atoms with Gasteiger partial charge in [-0.25, -0.2) is 4.98 Å². The van der Waals surface area contributed by atoms with E-state index in [1.807, 2.05) is 73.8 Å². The fraction of sp³-hybridized carbons (Fsp3) is 0.320. The number of aromatic nitrogens is 2. The summed E-state index contributed by atoms with van der Waals surface area (Å²) in [5.74, 6) is 0.715. The van der Waals surface area contributed by atoms with Crippen molar-refractivity contribution in [3.63, 3.8) is 0 Å². The highest BCUT2D eigenvalue weighted by atomic mass is 16.2. The number of amides is 2. The molecule has 3 aromatic rings. The summed E-state index contributed by atoms with van der Waals surface area (Å²) >= 11 is 0. The van der Waals surface area contributed by atoms with Crippen LogP contribution < -0.4 is 10.6 Å². The Morgan fingerprint density at radius 3 is 2.78 bits per heavy atom. The maximum absolute atomic E-state index is 12.6. The van der Waals surface area contributed by atoms with Crippen molar-refractivity contribution >= 4 is 28.9 Å². The number of piperazine rings is 1. The molecule has 1 unspecified atom stereocenters. The summed E-state index contributed by atoms with van der Waals surface area (Å²) < 4.78 is 2.05. The Kier molecular flexibility index (Phi) is 6.97. The molecule has 0 bridgehead atoms. The Morgan fingerprint density at radius 2 is 1.97 bits per heavy atom. The number of benzene rings is 2. The van der Waals surface area contributed by atoms with Gasteiger partial charge in [-0.15, -0.1) is 0 Å². The fourth-order valence-corrected chi connectivity index (χ4v) is 4.07. The minimum Gasteiger partial charge on any atom is -0.356 e. The predicted octanol–water partition coefficient (Wildman–Crippen LogP) is 2.14. The van der Waals surface area contributed by atoms with E-state index in [1.54, 1.807) is 0 Å². The Bertz CT molecular complexity index is 1110. The van der Waals surface area contributed by atoms with Crippen LogP contribution in [0.4, 0.5) is 0 Å². The predicted molar refractivity (Wildman–Crippen MR) is 126 cm³/mol. The van der Waals surface area contributed by atoms with Gasteiger partial charge in [-0.05, 0) is 17.7 Å². The number of nitrogens with one attached hydrogen (secondary N) is 2. The summed E-state index contributed by atoms with van der Waals surface area (Å²) in [6.07, 6.45) is 4.87. The van der Waals surface area contributed by atoms with E-state index in [0.717, 1.165) is 29.0 Å². The van der Waals surface area contributed by atoms with E-state index in [9.17, 15) is 9.59 Å². The monoisotopic (exact) mass is 431 g/mol. The van der Waals surface area contributed by atoms with Crippen LogP contribution in [0, 0.1) is 0 Å². The van der Waals surface area contributed by atoms with Crippen LogP contribution in [0.1, 0.15) is 17.8 Å². The van der Waals surface area contributed by atoms with Crippen LogP contribution >= 0.6 is 0 Å². The van der Waals surface area contributed by atoms with Crippen molar-refractivity contribution in [3.05, 3.63) is 72.1 Å². The number of aryl methyl sites for hydroxylation is 1. The first kappa shape index (κ1) is 21.8. The number of hydrogen-bond donors (Lipinski definition) is 2. The minimum atomic E-state index is -0.458. The number of rotatable bonds is 8. The molecule has 2 aromatic carbocycles. The van der Waals surface area contributed by atoms with Crippen molar-refractivity contribution in [2.24, 2.45) is 7.05 Å². The molecule has 2 heterocycles. The van der Waals surface area contributed by atoms with Gasteiger partial charge >= 0.3 is 0 Å². The lowest BCUT2D eigenvalue weighted by molar-refractivity contribution is -0.133. The van der Waals surface area contributed by atoms with Crippen molar-refractivity contribution in [1.82, 2.24) is 25.1 Å². The molecule has 1 atom stereocenters. The van der Waals surface area contributed by atoms with Gasteiger partial charge in [0.1, 0.15) is 5.82 Å². The standard InChI is InChI=1S/C25H29N5O2/c1-29-21-12-6-5-11-20(21)28-23(29)13-14-26-24(31)18-22-25(32)27-15-17-30(22)16-7-10-19-8-3-2-4-9-19/h2-12,22H,13-18H2,1H3,(H,26,31)(H,27,32)/b10-7+. The van der Waals surface area contributed by atoms with Crippen LogP contribution in [0.2, 0.25) is 0 Å². The van der Waals surface area contributed by atoms with E-state index in [-0.39, 0.29) is 18.2 Å². The quantitative estimate of drug-likeness (QED) is 0.573. The molecule has 32 heavy (non-hydrogen) atoms. The van der Waals surface area contributed by atoms with Crippen LogP contribution in [0.3, 0.4) is 0 Å². The van der Waals surface area contributed by atoms with Crippen LogP contribution in [-0.4, -0.2) is 58.5 Å². The number of carbonyl (C=O) groups excluding carboxylic acids is 2. The van der Waals surface area contributed by atoms with Gasteiger partial charge in [0.2, 0.25) is 11.8 Å². The number of nitrogens with zero attached hydrogens (tertiary/aromatic N) is 3. The molecule has 0 spiro atoms. The largest absolute Gasteiger partial charge is 0.356 e. The van der Waals surface area contributed by atoms with Crippen molar-refractivity contribution in [2.75, 3.05) is 26.2 Å². The maximum Gasteiger partial charge on any atom is 0.237 e. The average Bonchev–Trinajstić information content (AvgIpc) is 3.12. The molecule has 0 saturated carbocycles. The first-order valence-corrected chi connectivity index (χ1v) is 11.0. The van der Waals surface area contributed by atoms with E-state index in [0.29, 0.717) is 26.1 Å². The first-order valence-electron chi connectivity index (χ1n) is 11.0. The van der Waals surface area contributed by atoms with Gasteiger partial charge < -0.3 is 15.2 Å². The van der Waals surface area contributed by atoms with Crippen LogP contribution in [0.25, 0.3) is 17.1 Å². The Balaban J connectivity index is 1.30. The highest BCUT2D eigenvalue weighted by Gasteiger charge is 2.30. The lowest BCUT2D eigenvalue weighted by atomic mass is 10.1. The molecule has 2 amide bonds. The van der Waals surface area contributed by atoms with Crippen molar-refractivity contribution in [1.29, 1.82) is 0 Å². The van der Waals surface area contributed by atoms with Crippen LogP contribution in [0.5, 0.6) is 0 Å². The fourth-order valence-electron chi connectivity index (χ4n) is 4.07. The van der Waals surface area contributed by atoms with E-state index >= 15 is 0 Å². The summed E-state index contributed by atoms with van der Waals surface area (Å²) in [5.41, 5.74) is 3.14. The van der Waals surface area contributed by atoms with Gasteiger partial charge in [0, 0.05) is 39.6 Å². The summed E-state index contributed by atoms with van der Waals surface area (Å²) in [5, 5.41) is 5.84. The Morgan fingerprint density at radius 1 is 1.19 bits per heavy atom. The van der Waals surface area contributed by atoms with Gasteiger partial charge in [-0.2, -0.15) is 0 Å². The van der Waals surface area contributed by atoms with Crippen molar-refractivity contribution < 1.29 is 9.59 Å². The lowest BCUT2D eigenvalue weighted by Gasteiger charge is -2.33. The van der Waals surface area contributed by atoms with Gasteiger partial charge in [0.05, 0.1) is 23.5 Å². The molecular formula is C25H29N5O2. The summed E-state index contributed by atoms with van der Waals surface area (Å²) in [7, 11) is 1.99. The summed E-state index contributed by atoms with van der Waals surface area (Å²) in [4.78, 5) is 31.7. The molecule has 1 saturated heterocycles. The number of carbonyl (C=O) groups is 2. The number of para-hydroxylation sites is 2. The molecule has 4 rings (SSSR count). The molecule has 0 aliphatic carbocycles. The third-order valence-corrected chi connectivity index (χ3v) is 5.82. The molecule has 0 radical (unpaired) electrons. The summed E-state index contributed by atoms with van der Waals surface area (Å²) in [6, 6.07) is 17.6. The molecule has 1 aliphatic rings. The molecule has 1 fully saturated rings. The number of hydrogen-bond acceptors (Lipinski definition) is 4. The van der Waals surface area contributed by atoms with E-state index in [4.69, 9.17) is 0 Å². The average molecular weight is 432 g/mol.